The summed E-state index contributed by atoms with van der Waals surface area (Å²) in [6.45, 7) is 1.91. The van der Waals surface area contributed by atoms with Crippen molar-refractivity contribution in [3.8, 4) is 16.4 Å². The third-order valence-electron chi connectivity index (χ3n) is 3.96. The SMILES string of the molecule is CCc1nnc(NC(=O)c2nc(-c3cccs3)n(-c3cccc(C(F)(F)F)c3)n2)s1. The number of rotatable bonds is 5. The predicted molar refractivity (Wildman–Crippen MR) is 107 cm³/mol. The van der Waals surface area contributed by atoms with Crippen LogP contribution in [0.3, 0.4) is 0 Å². The molecule has 1 amide bonds. The zero-order valence-electron chi connectivity index (χ0n) is 15.3. The zero-order chi connectivity index (χ0) is 21.3. The number of aromatic nitrogens is 5. The number of benzene rings is 1. The van der Waals surface area contributed by atoms with E-state index < -0.39 is 17.6 Å². The van der Waals surface area contributed by atoms with E-state index in [1.165, 1.54) is 39.5 Å². The second kappa shape index (κ2) is 7.95. The molecule has 0 saturated heterocycles. The van der Waals surface area contributed by atoms with Crippen LogP contribution in [0.4, 0.5) is 18.3 Å². The van der Waals surface area contributed by atoms with Crippen molar-refractivity contribution < 1.29 is 18.0 Å². The van der Waals surface area contributed by atoms with E-state index >= 15 is 0 Å². The van der Waals surface area contributed by atoms with Crippen LogP contribution >= 0.6 is 22.7 Å². The lowest BCUT2D eigenvalue weighted by molar-refractivity contribution is -0.137. The minimum Gasteiger partial charge on any atom is -0.294 e. The highest BCUT2D eigenvalue weighted by molar-refractivity contribution is 7.15. The van der Waals surface area contributed by atoms with Crippen molar-refractivity contribution in [3.05, 3.63) is 58.2 Å². The number of carbonyl (C=O) groups excluding carboxylic acids is 1. The standard InChI is InChI=1S/C18H13F3N6OS2/c1-2-13-24-25-17(30-13)23-16(28)14-22-15(12-7-4-8-29-12)27(26-14)11-6-3-5-10(9-11)18(19,20)21/h3-9H,2H2,1H3,(H,23,25,28). The summed E-state index contributed by atoms with van der Waals surface area (Å²) in [6.07, 6.45) is -3.83. The maximum atomic E-state index is 13.1. The van der Waals surface area contributed by atoms with Crippen molar-refractivity contribution in [1.29, 1.82) is 0 Å². The van der Waals surface area contributed by atoms with Crippen LogP contribution in [-0.4, -0.2) is 30.9 Å². The van der Waals surface area contributed by atoms with Crippen LogP contribution in [-0.2, 0) is 12.6 Å². The molecule has 0 spiro atoms. The Labute approximate surface area is 176 Å². The summed E-state index contributed by atoms with van der Waals surface area (Å²) in [6, 6.07) is 8.22. The first kappa shape index (κ1) is 20.2. The lowest BCUT2D eigenvalue weighted by atomic mass is 10.2. The Balaban J connectivity index is 1.73. The van der Waals surface area contributed by atoms with Crippen LogP contribution in [0.25, 0.3) is 16.4 Å². The highest BCUT2D eigenvalue weighted by Crippen LogP contribution is 2.32. The molecule has 1 aromatic carbocycles. The average Bonchev–Trinajstić information content (AvgIpc) is 3.47. The molecule has 0 saturated carbocycles. The molecule has 0 fully saturated rings. The fourth-order valence-electron chi connectivity index (χ4n) is 2.57. The summed E-state index contributed by atoms with van der Waals surface area (Å²) in [5.41, 5.74) is -0.677. The fourth-order valence-corrected chi connectivity index (χ4v) is 3.94. The zero-order valence-corrected chi connectivity index (χ0v) is 17.0. The van der Waals surface area contributed by atoms with Crippen LogP contribution in [0, 0.1) is 0 Å². The number of hydrogen-bond acceptors (Lipinski definition) is 7. The first-order chi connectivity index (χ1) is 14.3. The van der Waals surface area contributed by atoms with E-state index in [2.05, 4.69) is 25.6 Å². The van der Waals surface area contributed by atoms with Crippen LogP contribution in [0.2, 0.25) is 0 Å². The summed E-state index contributed by atoms with van der Waals surface area (Å²) in [7, 11) is 0. The lowest BCUT2D eigenvalue weighted by Crippen LogP contribution is -2.14. The van der Waals surface area contributed by atoms with E-state index in [4.69, 9.17) is 0 Å². The Hall–Kier alpha value is -3.12. The molecule has 4 aromatic rings. The van der Waals surface area contributed by atoms with Gasteiger partial charge in [0, 0.05) is 0 Å². The average molecular weight is 450 g/mol. The van der Waals surface area contributed by atoms with Crippen molar-refractivity contribution in [3.63, 3.8) is 0 Å². The number of thiophene rings is 1. The highest BCUT2D eigenvalue weighted by Gasteiger charge is 2.31. The molecule has 7 nitrogen and oxygen atoms in total. The van der Waals surface area contributed by atoms with Gasteiger partial charge in [-0.15, -0.1) is 26.6 Å². The van der Waals surface area contributed by atoms with Gasteiger partial charge in [0.1, 0.15) is 5.01 Å². The van der Waals surface area contributed by atoms with Crippen LogP contribution in [0.1, 0.15) is 28.1 Å². The first-order valence-electron chi connectivity index (χ1n) is 8.67. The summed E-state index contributed by atoms with van der Waals surface area (Å²) < 4.78 is 40.7. The Kier molecular flexibility index (Phi) is 5.35. The van der Waals surface area contributed by atoms with Crippen molar-refractivity contribution in [2.45, 2.75) is 19.5 Å². The predicted octanol–water partition coefficient (Wildman–Crippen LogP) is 4.68. The van der Waals surface area contributed by atoms with Gasteiger partial charge in [0.25, 0.3) is 5.91 Å². The van der Waals surface area contributed by atoms with E-state index in [1.807, 2.05) is 6.92 Å². The Morgan fingerprint density at radius 3 is 2.70 bits per heavy atom. The molecule has 0 unspecified atom stereocenters. The van der Waals surface area contributed by atoms with Crippen molar-refractivity contribution in [2.75, 3.05) is 5.32 Å². The van der Waals surface area contributed by atoms with Gasteiger partial charge in [-0.1, -0.05) is 30.4 Å². The fraction of sp³-hybridized carbons (Fsp3) is 0.167. The molecule has 0 aliphatic rings. The molecule has 4 rings (SSSR count). The normalized spacial score (nSPS) is 11.6. The molecular weight excluding hydrogens is 437 g/mol. The van der Waals surface area contributed by atoms with Gasteiger partial charge in [-0.2, -0.15) is 13.2 Å². The van der Waals surface area contributed by atoms with Gasteiger partial charge >= 0.3 is 6.18 Å². The quantitative estimate of drug-likeness (QED) is 0.477. The molecule has 30 heavy (non-hydrogen) atoms. The summed E-state index contributed by atoms with van der Waals surface area (Å²) in [4.78, 5) is 17.5. The van der Waals surface area contributed by atoms with Gasteiger partial charge in [0.2, 0.25) is 11.0 Å². The smallest absolute Gasteiger partial charge is 0.294 e. The van der Waals surface area contributed by atoms with E-state index in [0.29, 0.717) is 16.4 Å². The molecule has 0 bridgehead atoms. The number of anilines is 1. The Bertz CT molecular complexity index is 1180. The van der Waals surface area contributed by atoms with E-state index in [0.717, 1.165) is 17.1 Å². The Morgan fingerprint density at radius 1 is 1.20 bits per heavy atom. The molecule has 3 heterocycles. The van der Waals surface area contributed by atoms with Crippen LogP contribution in [0.5, 0.6) is 0 Å². The second-order valence-corrected chi connectivity index (χ2v) is 8.01. The molecule has 12 heteroatoms. The number of nitrogens with zero attached hydrogens (tertiary/aromatic N) is 5. The van der Waals surface area contributed by atoms with Crippen LogP contribution in [0.15, 0.2) is 41.8 Å². The summed E-state index contributed by atoms with van der Waals surface area (Å²) in [5.74, 6) is -0.553. The largest absolute Gasteiger partial charge is 0.416 e. The lowest BCUT2D eigenvalue weighted by Gasteiger charge is -2.09. The molecule has 0 atom stereocenters. The monoisotopic (exact) mass is 450 g/mol. The van der Waals surface area contributed by atoms with Gasteiger partial charge < -0.3 is 0 Å². The molecule has 3 aromatic heterocycles. The Morgan fingerprint density at radius 2 is 2.03 bits per heavy atom. The highest BCUT2D eigenvalue weighted by atomic mass is 32.1. The van der Waals surface area contributed by atoms with Gasteiger partial charge in [-0.05, 0) is 36.1 Å². The third kappa shape index (κ3) is 4.09. The molecule has 1 N–H and O–H groups in total. The second-order valence-electron chi connectivity index (χ2n) is 6.00. The maximum Gasteiger partial charge on any atom is 0.416 e. The number of amides is 1. The number of nitrogens with one attached hydrogen (secondary N) is 1. The molecular formula is C18H13F3N6OS2. The number of aryl methyl sites for hydroxylation is 1. The van der Waals surface area contributed by atoms with Gasteiger partial charge in [-0.25, -0.2) is 9.67 Å². The summed E-state index contributed by atoms with van der Waals surface area (Å²) in [5, 5.41) is 17.4. The van der Waals surface area contributed by atoms with Crippen LogP contribution < -0.4 is 5.32 Å². The van der Waals surface area contributed by atoms with E-state index in [1.54, 1.807) is 17.5 Å². The van der Waals surface area contributed by atoms with Gasteiger partial charge in [0.15, 0.2) is 5.82 Å². The maximum absolute atomic E-state index is 13.1. The van der Waals surface area contributed by atoms with Gasteiger partial charge in [-0.3, -0.25) is 10.1 Å². The molecule has 0 aliphatic heterocycles. The van der Waals surface area contributed by atoms with Crippen molar-refractivity contribution in [1.82, 2.24) is 25.0 Å². The minimum atomic E-state index is -4.51. The first-order valence-corrected chi connectivity index (χ1v) is 10.4. The summed E-state index contributed by atoms with van der Waals surface area (Å²) >= 11 is 2.56. The van der Waals surface area contributed by atoms with Gasteiger partial charge in [0.05, 0.1) is 16.1 Å². The number of halogens is 3. The molecule has 0 radical (unpaired) electrons. The number of hydrogen-bond donors (Lipinski definition) is 1. The van der Waals surface area contributed by atoms with Crippen molar-refractivity contribution in [2.24, 2.45) is 0 Å². The van der Waals surface area contributed by atoms with Crippen molar-refractivity contribution >= 4 is 33.7 Å². The molecule has 154 valence electrons. The number of alkyl halides is 3. The van der Waals surface area contributed by atoms with E-state index in [-0.39, 0.29) is 17.3 Å². The van der Waals surface area contributed by atoms with E-state index in [9.17, 15) is 18.0 Å². The topological polar surface area (TPSA) is 85.6 Å². The third-order valence-corrected chi connectivity index (χ3v) is 5.81. The number of carbonyl (C=O) groups is 1. The minimum absolute atomic E-state index is 0.143. The molecule has 0 aliphatic carbocycles.